The molecule has 1 fully saturated rings. The zero-order valence-electron chi connectivity index (χ0n) is 18.2. The maximum absolute atomic E-state index is 11.7. The fraction of sp³-hybridized carbons (Fsp3) is 0.280. The van der Waals surface area contributed by atoms with E-state index in [4.69, 9.17) is 22.1 Å². The molecular formula is C25H27ClNO4PS. The van der Waals surface area contributed by atoms with E-state index in [0.717, 1.165) is 26.7 Å². The van der Waals surface area contributed by atoms with Crippen molar-refractivity contribution in [2.24, 2.45) is 5.73 Å². The smallest absolute Gasteiger partial charge is 0.364 e. The van der Waals surface area contributed by atoms with Crippen molar-refractivity contribution >= 4 is 31.7 Å². The van der Waals surface area contributed by atoms with Crippen LogP contribution in [-0.4, -0.2) is 23.2 Å². The summed E-state index contributed by atoms with van der Waals surface area (Å²) >= 11 is 8.19. The lowest BCUT2D eigenvalue weighted by molar-refractivity contribution is -0.741. The molecule has 2 unspecified atom stereocenters. The molecule has 1 aliphatic heterocycles. The summed E-state index contributed by atoms with van der Waals surface area (Å²) in [5, 5.41) is 12.4. The lowest BCUT2D eigenvalue weighted by Crippen LogP contribution is -2.52. The minimum atomic E-state index is -1.65. The van der Waals surface area contributed by atoms with Crippen LogP contribution in [-0.2, 0) is 17.3 Å². The van der Waals surface area contributed by atoms with Crippen LogP contribution in [0.4, 0.5) is 0 Å². The molecule has 0 amide bonds. The third-order valence-electron chi connectivity index (χ3n) is 5.65. The molecule has 4 rings (SSSR count). The Hall–Kier alpha value is -1.63. The lowest BCUT2D eigenvalue weighted by atomic mass is 9.90. The topological polar surface area (TPSA) is 81.2 Å². The van der Waals surface area contributed by atoms with Gasteiger partial charge in [0.25, 0.3) is 0 Å². The van der Waals surface area contributed by atoms with Gasteiger partial charge in [-0.2, -0.15) is 0 Å². The minimum Gasteiger partial charge on any atom is -0.532 e. The van der Waals surface area contributed by atoms with Crippen molar-refractivity contribution in [3.8, 4) is 5.75 Å². The standard InChI is InChI=1S/C25H27ClNO4PS/c26-24-16-23(10-9-20(24)11-12-25(27)13-14-32(29)31(28)18-25)33-22-8-4-7-21(15-22)30-17-19-5-2-1-3-6-19/h1-10,15-16,29H,11-14,17-18,27H2. The lowest BCUT2D eigenvalue weighted by Gasteiger charge is -2.39. The van der Waals surface area contributed by atoms with Gasteiger partial charge in [-0.3, -0.25) is 0 Å². The second kappa shape index (κ2) is 11.2. The summed E-state index contributed by atoms with van der Waals surface area (Å²) in [6.07, 6.45) is 2.38. The summed E-state index contributed by atoms with van der Waals surface area (Å²) in [6.45, 7) is 0.615. The first-order chi connectivity index (χ1) is 15.9. The van der Waals surface area contributed by atoms with Crippen LogP contribution in [0, 0.1) is 0 Å². The third kappa shape index (κ3) is 6.93. The van der Waals surface area contributed by atoms with Crippen molar-refractivity contribution < 1.29 is 19.2 Å². The molecule has 3 N–H and O–H groups in total. The van der Waals surface area contributed by atoms with Crippen LogP contribution < -0.4 is 15.7 Å². The second-order valence-corrected chi connectivity index (χ2v) is 11.4. The Morgan fingerprint density at radius 3 is 2.64 bits per heavy atom. The molecule has 1 aliphatic rings. The van der Waals surface area contributed by atoms with Gasteiger partial charge in [-0.25, -0.2) is 0 Å². The Kier molecular flexibility index (Phi) is 8.31. The molecule has 174 valence electrons. The normalized spacial score (nSPS) is 21.2. The predicted octanol–water partition coefficient (Wildman–Crippen LogP) is 5.24. The second-order valence-electron chi connectivity index (χ2n) is 8.26. The Balaban J connectivity index is 1.34. The molecule has 2 atom stereocenters. The summed E-state index contributed by atoms with van der Waals surface area (Å²) in [7, 11) is -1.65. The number of rotatable bonds is 8. The van der Waals surface area contributed by atoms with Gasteiger partial charge in [-0.15, -0.1) is 0 Å². The van der Waals surface area contributed by atoms with Gasteiger partial charge < -0.3 is 24.9 Å². The van der Waals surface area contributed by atoms with Gasteiger partial charge in [0, 0.05) is 14.8 Å². The van der Waals surface area contributed by atoms with E-state index in [1.54, 1.807) is 16.1 Å². The highest BCUT2D eigenvalue weighted by atomic mass is 35.5. The summed E-state index contributed by atoms with van der Waals surface area (Å²) in [5.41, 5.74) is 7.91. The molecule has 3 aromatic rings. The molecule has 1 heterocycles. The highest BCUT2D eigenvalue weighted by Crippen LogP contribution is 2.44. The summed E-state index contributed by atoms with van der Waals surface area (Å²) in [4.78, 5) is 11.8. The first kappa shape index (κ1) is 24.5. The van der Waals surface area contributed by atoms with Crippen molar-refractivity contribution in [2.45, 2.75) is 41.2 Å². The molecular weight excluding hydrogens is 477 g/mol. The van der Waals surface area contributed by atoms with Crippen LogP contribution in [0.25, 0.3) is 0 Å². The highest BCUT2D eigenvalue weighted by Gasteiger charge is 2.39. The van der Waals surface area contributed by atoms with Gasteiger partial charge in [0.15, 0.2) is 6.61 Å². The number of halogens is 1. The molecule has 8 heteroatoms. The Bertz CT molecular complexity index is 1070. The van der Waals surface area contributed by atoms with E-state index in [-0.39, 0.29) is 6.61 Å². The SMILES string of the molecule is NC1(CCc2ccc(Sc3cccc(OCc4ccccc4)c3)cc2Cl)CCP(O)[O+]([O-])C1. The molecule has 3 aromatic carbocycles. The maximum atomic E-state index is 11.7. The Morgan fingerprint density at radius 2 is 1.88 bits per heavy atom. The van der Waals surface area contributed by atoms with Crippen molar-refractivity contribution in [1.29, 1.82) is 0 Å². The largest absolute Gasteiger partial charge is 0.532 e. The van der Waals surface area contributed by atoms with Crippen LogP contribution in [0.5, 0.6) is 5.75 Å². The Labute approximate surface area is 205 Å². The van der Waals surface area contributed by atoms with Gasteiger partial charge in [0.1, 0.15) is 12.4 Å². The number of benzene rings is 3. The van der Waals surface area contributed by atoms with Crippen molar-refractivity contribution in [3.63, 3.8) is 0 Å². The fourth-order valence-corrected chi connectivity index (χ4v) is 6.19. The highest BCUT2D eigenvalue weighted by molar-refractivity contribution is 7.99. The van der Waals surface area contributed by atoms with Crippen LogP contribution in [0.2, 0.25) is 5.02 Å². The molecule has 0 aliphatic carbocycles. The minimum absolute atomic E-state index is 0.0867. The fourth-order valence-electron chi connectivity index (χ4n) is 3.69. The average Bonchev–Trinajstić information content (AvgIpc) is 2.81. The van der Waals surface area contributed by atoms with E-state index in [1.807, 2.05) is 66.7 Å². The summed E-state index contributed by atoms with van der Waals surface area (Å²) < 4.78 is 7.52. The number of ether oxygens (including phenoxy) is 1. The molecule has 0 radical (unpaired) electrons. The number of nitrogens with two attached hydrogens (primary N) is 1. The molecule has 0 aromatic heterocycles. The summed E-state index contributed by atoms with van der Waals surface area (Å²) in [5.74, 6) is 0.823. The molecule has 0 bridgehead atoms. The first-order valence-corrected chi connectivity index (χ1v) is 13.4. The monoisotopic (exact) mass is 503 g/mol. The zero-order valence-corrected chi connectivity index (χ0v) is 20.6. The van der Waals surface area contributed by atoms with Crippen LogP contribution >= 0.6 is 31.7 Å². The van der Waals surface area contributed by atoms with Gasteiger partial charge in [-0.1, -0.05) is 65.8 Å². The number of hydrogen-bond donors (Lipinski definition) is 2. The Morgan fingerprint density at radius 1 is 1.09 bits per heavy atom. The van der Waals surface area contributed by atoms with Crippen molar-refractivity contribution in [2.75, 3.05) is 12.8 Å². The van der Waals surface area contributed by atoms with Gasteiger partial charge >= 0.3 is 8.38 Å². The molecule has 0 spiro atoms. The molecule has 33 heavy (non-hydrogen) atoms. The van der Waals surface area contributed by atoms with E-state index in [2.05, 4.69) is 6.07 Å². The quantitative estimate of drug-likeness (QED) is 0.250. The number of aryl methyl sites for hydroxylation is 1. The van der Waals surface area contributed by atoms with Crippen LogP contribution in [0.15, 0.2) is 82.6 Å². The first-order valence-electron chi connectivity index (χ1n) is 10.8. The van der Waals surface area contributed by atoms with E-state index in [0.29, 0.717) is 37.1 Å². The predicted molar refractivity (Wildman–Crippen MR) is 133 cm³/mol. The van der Waals surface area contributed by atoms with Gasteiger partial charge in [0.05, 0.1) is 11.7 Å². The molecule has 5 nitrogen and oxygen atoms in total. The van der Waals surface area contributed by atoms with Crippen molar-refractivity contribution in [3.05, 3.63) is 88.9 Å². The van der Waals surface area contributed by atoms with Gasteiger partial charge in [0.2, 0.25) is 0 Å². The third-order valence-corrected chi connectivity index (χ3v) is 8.19. The van der Waals surface area contributed by atoms with E-state index in [1.165, 1.54) is 0 Å². The van der Waals surface area contributed by atoms with Crippen LogP contribution in [0.1, 0.15) is 24.0 Å². The van der Waals surface area contributed by atoms with Crippen molar-refractivity contribution in [1.82, 2.24) is 0 Å². The zero-order chi connectivity index (χ0) is 23.3. The number of hydrogen-bond acceptors (Lipinski definition) is 5. The van der Waals surface area contributed by atoms with E-state index < -0.39 is 13.9 Å². The maximum Gasteiger partial charge on any atom is 0.364 e. The average molecular weight is 504 g/mol. The molecule has 1 saturated heterocycles. The van der Waals surface area contributed by atoms with E-state index >= 15 is 0 Å². The van der Waals surface area contributed by atoms with E-state index in [9.17, 15) is 10.2 Å². The van der Waals surface area contributed by atoms with Gasteiger partial charge in [-0.05, 0) is 60.7 Å². The molecule has 0 saturated carbocycles. The van der Waals surface area contributed by atoms with Crippen LogP contribution in [0.3, 0.4) is 0 Å². The summed E-state index contributed by atoms with van der Waals surface area (Å²) in [6, 6.07) is 24.1.